The van der Waals surface area contributed by atoms with Crippen LogP contribution in [0.25, 0.3) is 0 Å². The van der Waals surface area contributed by atoms with Gasteiger partial charge in [-0.3, -0.25) is 9.69 Å². The number of carboxylic acid groups (broad SMARTS) is 1. The smallest absolute Gasteiger partial charge is 0.341 e. The maximum Gasteiger partial charge on any atom is 0.341 e. The Hall–Kier alpha value is -4.00. The van der Waals surface area contributed by atoms with Gasteiger partial charge in [0.15, 0.2) is 6.61 Å². The second-order valence-electron chi connectivity index (χ2n) is 6.69. The fourth-order valence-electron chi connectivity index (χ4n) is 3.46. The highest BCUT2D eigenvalue weighted by atomic mass is 16.5. The fraction of sp³-hybridized carbons (Fsp3) is 0.130. The van der Waals surface area contributed by atoms with Crippen LogP contribution >= 0.6 is 0 Å². The second kappa shape index (κ2) is 8.16. The number of carbonyl (C=O) groups excluding carboxylic acids is 1. The first kappa shape index (κ1) is 19.3. The van der Waals surface area contributed by atoms with Crippen molar-refractivity contribution in [2.45, 2.75) is 6.17 Å². The summed E-state index contributed by atoms with van der Waals surface area (Å²) in [5.74, 6) is -0.173. The number of fused-ring (bicyclic) bond motifs is 1. The summed E-state index contributed by atoms with van der Waals surface area (Å²) in [4.78, 5) is 25.8. The molecule has 0 aromatic heterocycles. The molecule has 152 valence electrons. The number of hydrogen-bond donors (Lipinski definition) is 2. The van der Waals surface area contributed by atoms with Gasteiger partial charge in [0.1, 0.15) is 17.7 Å². The van der Waals surface area contributed by atoms with E-state index in [0.717, 1.165) is 11.3 Å². The van der Waals surface area contributed by atoms with E-state index in [1.54, 1.807) is 42.3 Å². The van der Waals surface area contributed by atoms with Gasteiger partial charge in [-0.2, -0.15) is 0 Å². The average molecular weight is 404 g/mol. The zero-order chi connectivity index (χ0) is 21.1. The van der Waals surface area contributed by atoms with Crippen molar-refractivity contribution in [1.82, 2.24) is 0 Å². The van der Waals surface area contributed by atoms with Gasteiger partial charge in [0.05, 0.1) is 18.4 Å². The molecule has 1 heterocycles. The molecule has 1 amide bonds. The highest BCUT2D eigenvalue weighted by Crippen LogP contribution is 2.40. The molecule has 0 radical (unpaired) electrons. The van der Waals surface area contributed by atoms with Crippen LogP contribution in [0.15, 0.2) is 72.8 Å². The second-order valence-corrected chi connectivity index (χ2v) is 6.69. The number of rotatable bonds is 6. The van der Waals surface area contributed by atoms with Gasteiger partial charge in [-0.05, 0) is 42.0 Å². The molecular weight excluding hydrogens is 384 g/mol. The molecule has 0 saturated carbocycles. The van der Waals surface area contributed by atoms with Crippen molar-refractivity contribution < 1.29 is 24.2 Å². The van der Waals surface area contributed by atoms with Crippen LogP contribution in [0.1, 0.15) is 22.1 Å². The molecule has 1 aliphatic rings. The lowest BCUT2D eigenvalue weighted by Gasteiger charge is -2.38. The highest BCUT2D eigenvalue weighted by Gasteiger charge is 2.35. The van der Waals surface area contributed by atoms with E-state index < -0.39 is 18.7 Å². The molecule has 3 aromatic carbocycles. The van der Waals surface area contributed by atoms with Gasteiger partial charge in [0.25, 0.3) is 5.91 Å². The summed E-state index contributed by atoms with van der Waals surface area (Å²) in [5.41, 5.74) is 2.76. The van der Waals surface area contributed by atoms with E-state index in [4.69, 9.17) is 14.6 Å². The third kappa shape index (κ3) is 3.65. The number of ether oxygens (including phenoxy) is 2. The Kier molecular flexibility index (Phi) is 5.26. The van der Waals surface area contributed by atoms with E-state index in [1.807, 2.05) is 42.5 Å². The molecule has 0 fully saturated rings. The summed E-state index contributed by atoms with van der Waals surface area (Å²) in [6, 6.07) is 21.7. The van der Waals surface area contributed by atoms with Crippen LogP contribution in [-0.2, 0) is 4.79 Å². The molecular formula is C23H20N2O5. The third-order valence-electron chi connectivity index (χ3n) is 4.83. The summed E-state index contributed by atoms with van der Waals surface area (Å²) < 4.78 is 10.7. The van der Waals surface area contributed by atoms with E-state index in [9.17, 15) is 9.59 Å². The van der Waals surface area contributed by atoms with Gasteiger partial charge < -0.3 is 19.9 Å². The number of carboxylic acids is 1. The molecule has 0 aliphatic carbocycles. The summed E-state index contributed by atoms with van der Waals surface area (Å²) in [5, 5.41) is 12.2. The molecule has 0 spiro atoms. The monoisotopic (exact) mass is 404 g/mol. The molecule has 7 heteroatoms. The number of hydrogen-bond acceptors (Lipinski definition) is 5. The van der Waals surface area contributed by atoms with Gasteiger partial charge in [-0.15, -0.1) is 0 Å². The quantitative estimate of drug-likeness (QED) is 0.647. The van der Waals surface area contributed by atoms with Crippen molar-refractivity contribution in [3.63, 3.8) is 0 Å². The van der Waals surface area contributed by atoms with Gasteiger partial charge >= 0.3 is 5.97 Å². The van der Waals surface area contributed by atoms with Gasteiger partial charge in [-0.25, -0.2) is 4.79 Å². The number of anilines is 2. The Morgan fingerprint density at radius 2 is 1.73 bits per heavy atom. The van der Waals surface area contributed by atoms with Gasteiger partial charge in [0, 0.05) is 5.69 Å². The predicted octanol–water partition coefficient (Wildman–Crippen LogP) is 3.93. The van der Waals surface area contributed by atoms with Crippen LogP contribution < -0.4 is 19.7 Å². The molecule has 1 aliphatic heterocycles. The number of para-hydroxylation sites is 3. The van der Waals surface area contributed by atoms with Crippen molar-refractivity contribution in [3.8, 4) is 11.5 Å². The number of carbonyl (C=O) groups is 2. The minimum atomic E-state index is -1.04. The Labute approximate surface area is 173 Å². The third-order valence-corrected chi connectivity index (χ3v) is 4.83. The number of aliphatic carboxylic acids is 1. The lowest BCUT2D eigenvalue weighted by atomic mass is 10.0. The van der Waals surface area contributed by atoms with Crippen molar-refractivity contribution in [3.05, 3.63) is 83.9 Å². The number of benzene rings is 3. The van der Waals surface area contributed by atoms with Gasteiger partial charge in [0.2, 0.25) is 0 Å². The number of nitrogens with zero attached hydrogens (tertiary/aromatic N) is 1. The fourth-order valence-corrected chi connectivity index (χ4v) is 3.46. The minimum Gasteiger partial charge on any atom is -0.495 e. The highest BCUT2D eigenvalue weighted by molar-refractivity contribution is 6.12. The first-order valence-corrected chi connectivity index (χ1v) is 9.35. The molecule has 0 saturated heterocycles. The Morgan fingerprint density at radius 1 is 1.03 bits per heavy atom. The van der Waals surface area contributed by atoms with E-state index in [-0.39, 0.29) is 5.91 Å². The van der Waals surface area contributed by atoms with Crippen LogP contribution in [0.2, 0.25) is 0 Å². The number of amides is 1. The largest absolute Gasteiger partial charge is 0.495 e. The zero-order valence-electron chi connectivity index (χ0n) is 16.2. The molecule has 0 bridgehead atoms. The zero-order valence-corrected chi connectivity index (χ0v) is 16.2. The van der Waals surface area contributed by atoms with Crippen molar-refractivity contribution in [2.75, 3.05) is 23.9 Å². The maximum atomic E-state index is 13.5. The molecule has 7 nitrogen and oxygen atoms in total. The molecule has 30 heavy (non-hydrogen) atoms. The maximum absolute atomic E-state index is 13.5. The Bertz CT molecular complexity index is 1080. The van der Waals surface area contributed by atoms with E-state index >= 15 is 0 Å². The van der Waals surface area contributed by atoms with Crippen LogP contribution in [-0.4, -0.2) is 30.7 Å². The van der Waals surface area contributed by atoms with Crippen molar-refractivity contribution >= 4 is 23.3 Å². The first-order chi connectivity index (χ1) is 14.6. The van der Waals surface area contributed by atoms with Gasteiger partial charge in [-0.1, -0.05) is 36.4 Å². The van der Waals surface area contributed by atoms with Crippen LogP contribution in [0.3, 0.4) is 0 Å². The van der Waals surface area contributed by atoms with E-state index in [1.165, 1.54) is 0 Å². The standard InChI is InChI=1S/C23H20N2O5/c1-29-20-9-5-4-8-19(20)25-22(24-18-7-3-2-6-17(18)23(25)28)15-10-12-16(13-11-15)30-14-21(26)27/h2-13,22,24H,14H2,1H3,(H,26,27)/t22-/m1/s1. The van der Waals surface area contributed by atoms with E-state index in [2.05, 4.69) is 5.32 Å². The van der Waals surface area contributed by atoms with Crippen LogP contribution in [0, 0.1) is 0 Å². The summed E-state index contributed by atoms with van der Waals surface area (Å²) in [7, 11) is 1.57. The lowest BCUT2D eigenvalue weighted by Crippen LogP contribution is -2.43. The number of nitrogens with one attached hydrogen (secondary N) is 1. The van der Waals surface area contributed by atoms with Crippen molar-refractivity contribution in [2.24, 2.45) is 0 Å². The minimum absolute atomic E-state index is 0.148. The summed E-state index contributed by atoms with van der Waals surface area (Å²) in [6.07, 6.45) is -0.489. The molecule has 1 atom stereocenters. The van der Waals surface area contributed by atoms with Crippen LogP contribution in [0.4, 0.5) is 11.4 Å². The SMILES string of the molecule is COc1ccccc1N1C(=O)c2ccccc2N[C@H]1c1ccc(OCC(=O)O)cc1. The van der Waals surface area contributed by atoms with Crippen molar-refractivity contribution in [1.29, 1.82) is 0 Å². The van der Waals surface area contributed by atoms with E-state index in [0.29, 0.717) is 22.7 Å². The average Bonchev–Trinajstić information content (AvgIpc) is 2.78. The summed E-state index contributed by atoms with van der Waals surface area (Å²) in [6.45, 7) is -0.416. The Balaban J connectivity index is 1.75. The molecule has 4 rings (SSSR count). The molecule has 0 unspecified atom stereocenters. The molecule has 3 aromatic rings. The Morgan fingerprint density at radius 3 is 2.47 bits per heavy atom. The first-order valence-electron chi connectivity index (χ1n) is 9.35. The predicted molar refractivity (Wildman–Crippen MR) is 112 cm³/mol. The molecule has 2 N–H and O–H groups in total. The lowest BCUT2D eigenvalue weighted by molar-refractivity contribution is -0.139. The number of methoxy groups -OCH3 is 1. The topological polar surface area (TPSA) is 88.1 Å². The normalized spacial score (nSPS) is 15.2. The van der Waals surface area contributed by atoms with Crippen LogP contribution in [0.5, 0.6) is 11.5 Å². The summed E-state index contributed by atoms with van der Waals surface area (Å²) >= 11 is 0.